The van der Waals surface area contributed by atoms with Gasteiger partial charge >= 0.3 is 11.9 Å². The van der Waals surface area contributed by atoms with Crippen molar-refractivity contribution >= 4 is 11.9 Å². The third-order valence-corrected chi connectivity index (χ3v) is 7.96. The largest absolute Gasteiger partial charge is 0.496 e. The molecule has 0 aliphatic rings. The number of hydrogen-bond acceptors (Lipinski definition) is 6. The SMILES string of the molecule is CCc1c(C)cc(CCC(=O)OCCCCCOCCOC(=O)CCc2cc(C)c(OC)c(C(C)(C)C)c2)cc1C(C)(C)C. The van der Waals surface area contributed by atoms with Gasteiger partial charge in [0.15, 0.2) is 0 Å². The van der Waals surface area contributed by atoms with E-state index in [1.807, 2.05) is 6.92 Å². The number of hydrogen-bond donors (Lipinski definition) is 0. The summed E-state index contributed by atoms with van der Waals surface area (Å²) in [7, 11) is 1.70. The molecule has 0 amide bonds. The Hall–Kier alpha value is -2.86. The molecule has 0 spiro atoms. The minimum absolute atomic E-state index is 0.0493. The second-order valence-electron chi connectivity index (χ2n) is 13.9. The summed E-state index contributed by atoms with van der Waals surface area (Å²) in [6, 6.07) is 8.71. The van der Waals surface area contributed by atoms with E-state index in [0.29, 0.717) is 45.5 Å². The van der Waals surface area contributed by atoms with Gasteiger partial charge in [-0.3, -0.25) is 9.59 Å². The normalized spacial score (nSPS) is 11.9. The number of carbonyl (C=O) groups is 2. The third-order valence-electron chi connectivity index (χ3n) is 7.96. The fraction of sp³-hybridized carbons (Fsp3) is 0.632. The van der Waals surface area contributed by atoms with E-state index >= 15 is 0 Å². The number of methoxy groups -OCH3 is 1. The Morgan fingerprint density at radius 3 is 1.73 bits per heavy atom. The van der Waals surface area contributed by atoms with E-state index in [2.05, 4.69) is 79.7 Å². The van der Waals surface area contributed by atoms with Gasteiger partial charge in [0.25, 0.3) is 0 Å². The lowest BCUT2D eigenvalue weighted by Crippen LogP contribution is -2.16. The van der Waals surface area contributed by atoms with Crippen LogP contribution in [0.25, 0.3) is 0 Å². The standard InChI is InChI=1S/C38H58O6/c1-11-31-27(2)23-29(25-32(31)37(4,5)6)15-17-34(39)43-20-14-12-13-19-42-21-22-44-35(40)18-16-30-24-28(3)36(41-10)33(26-30)38(7,8)9/h23-26H,11-22H2,1-10H3. The molecule has 0 N–H and O–H groups in total. The first-order valence-corrected chi connectivity index (χ1v) is 16.4. The fourth-order valence-electron chi connectivity index (χ4n) is 5.62. The Bertz CT molecular complexity index is 1120. The van der Waals surface area contributed by atoms with Crippen molar-refractivity contribution in [1.29, 1.82) is 0 Å². The summed E-state index contributed by atoms with van der Waals surface area (Å²) in [4.78, 5) is 24.5. The maximum Gasteiger partial charge on any atom is 0.306 e. The monoisotopic (exact) mass is 610 g/mol. The summed E-state index contributed by atoms with van der Waals surface area (Å²) >= 11 is 0. The second-order valence-corrected chi connectivity index (χ2v) is 13.9. The zero-order valence-corrected chi connectivity index (χ0v) is 29.2. The summed E-state index contributed by atoms with van der Waals surface area (Å²) in [5.74, 6) is 0.550. The molecule has 0 heterocycles. The van der Waals surface area contributed by atoms with Gasteiger partial charge in [-0.2, -0.15) is 0 Å². The van der Waals surface area contributed by atoms with Crippen LogP contribution in [0.2, 0.25) is 0 Å². The highest BCUT2D eigenvalue weighted by atomic mass is 16.6. The van der Waals surface area contributed by atoms with E-state index < -0.39 is 0 Å². The van der Waals surface area contributed by atoms with Gasteiger partial charge in [0.05, 0.1) is 20.3 Å². The minimum Gasteiger partial charge on any atom is -0.496 e. The van der Waals surface area contributed by atoms with Gasteiger partial charge in [-0.05, 0) is 96.6 Å². The van der Waals surface area contributed by atoms with Crippen LogP contribution in [0.15, 0.2) is 24.3 Å². The van der Waals surface area contributed by atoms with E-state index in [9.17, 15) is 9.59 Å². The topological polar surface area (TPSA) is 71.1 Å². The molecule has 0 bridgehead atoms. The second kappa shape index (κ2) is 17.6. The van der Waals surface area contributed by atoms with Crippen molar-refractivity contribution in [3.63, 3.8) is 0 Å². The van der Waals surface area contributed by atoms with Gasteiger partial charge in [0.1, 0.15) is 12.4 Å². The number of aryl methyl sites for hydroxylation is 4. The van der Waals surface area contributed by atoms with Gasteiger partial charge < -0.3 is 18.9 Å². The first kappa shape index (κ1) is 37.3. The summed E-state index contributed by atoms with van der Waals surface area (Å²) in [5.41, 5.74) is 8.66. The Morgan fingerprint density at radius 2 is 1.18 bits per heavy atom. The first-order chi connectivity index (χ1) is 20.7. The molecule has 0 aliphatic heterocycles. The van der Waals surface area contributed by atoms with E-state index in [-0.39, 0.29) is 29.4 Å². The fourth-order valence-corrected chi connectivity index (χ4v) is 5.62. The smallest absolute Gasteiger partial charge is 0.306 e. The van der Waals surface area contributed by atoms with Gasteiger partial charge in [0, 0.05) is 25.0 Å². The van der Waals surface area contributed by atoms with Gasteiger partial charge in [-0.15, -0.1) is 0 Å². The predicted octanol–water partition coefficient (Wildman–Crippen LogP) is 8.31. The van der Waals surface area contributed by atoms with Gasteiger partial charge in [-0.1, -0.05) is 72.7 Å². The minimum atomic E-state index is -0.219. The lowest BCUT2D eigenvalue weighted by molar-refractivity contribution is -0.145. The summed E-state index contributed by atoms with van der Waals surface area (Å²) < 4.78 is 22.1. The molecule has 2 aromatic rings. The molecule has 0 fully saturated rings. The molecule has 0 atom stereocenters. The molecule has 2 aromatic carbocycles. The van der Waals surface area contributed by atoms with Crippen LogP contribution < -0.4 is 4.74 Å². The molecule has 0 aromatic heterocycles. The van der Waals surface area contributed by atoms with Crippen LogP contribution in [0.5, 0.6) is 5.75 Å². The van der Waals surface area contributed by atoms with Crippen molar-refractivity contribution in [2.45, 2.75) is 125 Å². The Labute approximate surface area is 267 Å². The van der Waals surface area contributed by atoms with E-state index in [1.165, 1.54) is 22.3 Å². The number of esters is 2. The van der Waals surface area contributed by atoms with Crippen molar-refractivity contribution in [2.75, 3.05) is 33.5 Å². The Balaban J connectivity index is 1.56. The molecular formula is C38H58O6. The van der Waals surface area contributed by atoms with Crippen molar-refractivity contribution < 1.29 is 28.5 Å². The van der Waals surface area contributed by atoms with Crippen molar-refractivity contribution in [2.24, 2.45) is 0 Å². The highest BCUT2D eigenvalue weighted by Gasteiger charge is 2.22. The zero-order valence-electron chi connectivity index (χ0n) is 29.2. The van der Waals surface area contributed by atoms with Crippen molar-refractivity contribution in [3.8, 4) is 5.75 Å². The number of ether oxygens (including phenoxy) is 4. The number of rotatable bonds is 17. The quantitative estimate of drug-likeness (QED) is 0.133. The van der Waals surface area contributed by atoms with Gasteiger partial charge in [0.2, 0.25) is 0 Å². The lowest BCUT2D eigenvalue weighted by Gasteiger charge is -2.25. The molecule has 0 saturated carbocycles. The maximum atomic E-state index is 12.3. The Morgan fingerprint density at radius 1 is 0.659 bits per heavy atom. The van der Waals surface area contributed by atoms with Crippen molar-refractivity contribution in [3.05, 3.63) is 63.2 Å². The molecule has 6 nitrogen and oxygen atoms in total. The van der Waals surface area contributed by atoms with Gasteiger partial charge in [-0.25, -0.2) is 0 Å². The molecule has 0 unspecified atom stereocenters. The maximum absolute atomic E-state index is 12.3. The molecule has 0 radical (unpaired) electrons. The van der Waals surface area contributed by atoms with Crippen LogP contribution in [0.4, 0.5) is 0 Å². The molecule has 2 rings (SSSR count). The Kier molecular flexibility index (Phi) is 14.9. The lowest BCUT2D eigenvalue weighted by atomic mass is 9.80. The number of unbranched alkanes of at least 4 members (excludes halogenated alkanes) is 2. The summed E-state index contributed by atoms with van der Waals surface area (Å²) in [6.07, 6.45) is 5.67. The van der Waals surface area contributed by atoms with Crippen LogP contribution in [-0.2, 0) is 53.9 Å². The first-order valence-electron chi connectivity index (χ1n) is 16.4. The van der Waals surface area contributed by atoms with Crippen molar-refractivity contribution in [1.82, 2.24) is 0 Å². The van der Waals surface area contributed by atoms with Crippen LogP contribution in [-0.4, -0.2) is 45.5 Å². The highest BCUT2D eigenvalue weighted by Crippen LogP contribution is 2.35. The molecule has 44 heavy (non-hydrogen) atoms. The summed E-state index contributed by atoms with van der Waals surface area (Å²) in [5, 5.41) is 0. The molecular weight excluding hydrogens is 552 g/mol. The molecule has 0 aliphatic carbocycles. The van der Waals surface area contributed by atoms with Crippen LogP contribution in [0.1, 0.15) is 120 Å². The zero-order chi connectivity index (χ0) is 32.9. The average molecular weight is 611 g/mol. The predicted molar refractivity (Wildman–Crippen MR) is 179 cm³/mol. The molecule has 246 valence electrons. The van der Waals surface area contributed by atoms with E-state index in [4.69, 9.17) is 18.9 Å². The summed E-state index contributed by atoms with van der Waals surface area (Å²) in [6.45, 7) is 21.3. The molecule has 6 heteroatoms. The van der Waals surface area contributed by atoms with E-state index in [1.54, 1.807) is 7.11 Å². The highest BCUT2D eigenvalue weighted by molar-refractivity contribution is 5.70. The molecule has 0 saturated heterocycles. The van der Waals surface area contributed by atoms with E-state index in [0.717, 1.165) is 48.1 Å². The number of carbonyl (C=O) groups excluding carboxylic acids is 2. The van der Waals surface area contributed by atoms with Crippen LogP contribution in [0, 0.1) is 13.8 Å². The average Bonchev–Trinajstić information content (AvgIpc) is 2.94. The van der Waals surface area contributed by atoms with Crippen LogP contribution >= 0.6 is 0 Å². The third kappa shape index (κ3) is 12.3. The number of benzene rings is 2. The van der Waals surface area contributed by atoms with Crippen LogP contribution in [0.3, 0.4) is 0 Å².